The van der Waals surface area contributed by atoms with Crippen LogP contribution in [0.3, 0.4) is 0 Å². The minimum absolute atomic E-state index is 0.00854. The maximum absolute atomic E-state index is 12.9. The smallest absolute Gasteiger partial charge is 0.343 e. The first-order valence-corrected chi connectivity index (χ1v) is 10.4. The molecule has 6 nitrogen and oxygen atoms in total. The molecule has 0 heterocycles. The van der Waals surface area contributed by atoms with Crippen LogP contribution in [0.5, 0.6) is 0 Å². The Morgan fingerprint density at radius 2 is 1.22 bits per heavy atom. The van der Waals surface area contributed by atoms with E-state index in [4.69, 9.17) is 14.2 Å². The lowest BCUT2D eigenvalue weighted by molar-refractivity contribution is -0.139. The van der Waals surface area contributed by atoms with Crippen LogP contribution in [0.2, 0.25) is 0 Å². The highest BCUT2D eigenvalue weighted by atomic mass is 16.5. The molecule has 0 bridgehead atoms. The number of aryl methyl sites for hydroxylation is 2. The van der Waals surface area contributed by atoms with Gasteiger partial charge >= 0.3 is 17.9 Å². The lowest BCUT2D eigenvalue weighted by atomic mass is 10.0. The molecule has 32 heavy (non-hydrogen) atoms. The highest BCUT2D eigenvalue weighted by Gasteiger charge is 2.25. The van der Waals surface area contributed by atoms with Crippen molar-refractivity contribution in [3.63, 3.8) is 0 Å². The van der Waals surface area contributed by atoms with Crippen molar-refractivity contribution in [2.24, 2.45) is 0 Å². The largest absolute Gasteiger partial charge is 0.463 e. The molecule has 2 rings (SSSR count). The quantitative estimate of drug-likeness (QED) is 0.240. The van der Waals surface area contributed by atoms with E-state index in [1.54, 1.807) is 50.2 Å². The van der Waals surface area contributed by atoms with Gasteiger partial charge in [-0.05, 0) is 39.8 Å². The lowest BCUT2D eigenvalue weighted by Crippen LogP contribution is -2.17. The van der Waals surface area contributed by atoms with Crippen molar-refractivity contribution < 1.29 is 28.6 Å². The van der Waals surface area contributed by atoms with Crippen LogP contribution >= 0.6 is 0 Å². The second kappa shape index (κ2) is 11.6. The third-order valence-corrected chi connectivity index (χ3v) is 4.55. The number of rotatable bonds is 9. The van der Waals surface area contributed by atoms with Gasteiger partial charge in [-0.2, -0.15) is 0 Å². The number of carbonyl (C=O) groups excluding carboxylic acids is 3. The Bertz CT molecular complexity index is 1010. The van der Waals surface area contributed by atoms with Crippen LogP contribution in [0.4, 0.5) is 0 Å². The predicted octanol–water partition coefficient (Wildman–Crippen LogP) is 4.94. The summed E-state index contributed by atoms with van der Waals surface area (Å²) in [5, 5.41) is 0. The summed E-state index contributed by atoms with van der Waals surface area (Å²) in [5.74, 6) is -1.96. The van der Waals surface area contributed by atoms with Crippen LogP contribution in [-0.2, 0) is 23.8 Å². The topological polar surface area (TPSA) is 78.9 Å². The van der Waals surface area contributed by atoms with E-state index in [0.29, 0.717) is 11.1 Å². The van der Waals surface area contributed by atoms with Crippen LogP contribution in [0, 0.1) is 13.8 Å². The van der Waals surface area contributed by atoms with Gasteiger partial charge in [-0.15, -0.1) is 0 Å². The van der Waals surface area contributed by atoms with Gasteiger partial charge in [-0.1, -0.05) is 54.1 Å². The molecule has 0 aliphatic rings. The van der Waals surface area contributed by atoms with E-state index in [-0.39, 0.29) is 36.5 Å². The zero-order valence-electron chi connectivity index (χ0n) is 18.9. The first kappa shape index (κ1) is 24.6. The molecule has 0 atom stereocenters. The fourth-order valence-corrected chi connectivity index (χ4v) is 2.82. The number of benzene rings is 2. The molecular formula is C26H28O6. The van der Waals surface area contributed by atoms with Gasteiger partial charge in [0.15, 0.2) is 0 Å². The van der Waals surface area contributed by atoms with Gasteiger partial charge in [-0.25, -0.2) is 14.4 Å². The summed E-state index contributed by atoms with van der Waals surface area (Å²) in [7, 11) is 0. The number of hydrogen-bond acceptors (Lipinski definition) is 6. The van der Waals surface area contributed by atoms with E-state index < -0.39 is 17.9 Å². The number of esters is 3. The van der Waals surface area contributed by atoms with Crippen LogP contribution < -0.4 is 0 Å². The summed E-state index contributed by atoms with van der Waals surface area (Å²) in [4.78, 5) is 37.9. The van der Waals surface area contributed by atoms with Crippen LogP contribution in [0.1, 0.15) is 47.3 Å². The van der Waals surface area contributed by atoms with Crippen molar-refractivity contribution in [2.45, 2.75) is 34.1 Å². The molecule has 0 aromatic heterocycles. The van der Waals surface area contributed by atoms with Crippen molar-refractivity contribution in [3.05, 3.63) is 88.5 Å². The van der Waals surface area contributed by atoms with Crippen molar-refractivity contribution in [3.8, 4) is 0 Å². The van der Waals surface area contributed by atoms with Gasteiger partial charge in [0.05, 0.1) is 24.4 Å². The van der Waals surface area contributed by atoms with Crippen molar-refractivity contribution in [1.29, 1.82) is 0 Å². The van der Waals surface area contributed by atoms with E-state index in [1.165, 1.54) is 0 Å². The molecule has 0 saturated heterocycles. The monoisotopic (exact) mass is 436 g/mol. The molecule has 0 saturated carbocycles. The Morgan fingerprint density at radius 1 is 0.750 bits per heavy atom. The minimum atomic E-state index is -0.703. The summed E-state index contributed by atoms with van der Waals surface area (Å²) in [5.41, 5.74) is 2.86. The molecule has 0 amide bonds. The van der Waals surface area contributed by atoms with Gasteiger partial charge in [-0.3, -0.25) is 0 Å². The van der Waals surface area contributed by atoms with Crippen LogP contribution in [-0.4, -0.2) is 31.1 Å². The second-order valence-corrected chi connectivity index (χ2v) is 7.15. The minimum Gasteiger partial charge on any atom is -0.463 e. The molecule has 0 N–H and O–H groups in total. The third-order valence-electron chi connectivity index (χ3n) is 4.55. The Balaban J connectivity index is 2.57. The molecule has 6 heteroatoms. The molecule has 0 spiro atoms. The molecule has 0 aliphatic heterocycles. The fourth-order valence-electron chi connectivity index (χ4n) is 2.82. The number of hydrogen-bond donors (Lipinski definition) is 0. The first-order chi connectivity index (χ1) is 15.3. The molecule has 0 radical (unpaired) electrons. The van der Waals surface area contributed by atoms with E-state index >= 15 is 0 Å². The SMILES string of the molecule is C=C(C/C(C(=O)OCC)=C(/OC(=O)c1ccc(C)cc1)c1ccc(C)cc1)C(=O)OCC. The van der Waals surface area contributed by atoms with Gasteiger partial charge < -0.3 is 14.2 Å². The zero-order chi connectivity index (χ0) is 23.7. The fraction of sp³-hybridized carbons (Fsp3) is 0.269. The summed E-state index contributed by atoms with van der Waals surface area (Å²) < 4.78 is 15.9. The Hall–Kier alpha value is -3.67. The van der Waals surface area contributed by atoms with Gasteiger partial charge in [0.2, 0.25) is 0 Å². The Labute approximate surface area is 188 Å². The van der Waals surface area contributed by atoms with Gasteiger partial charge in [0.1, 0.15) is 5.76 Å². The van der Waals surface area contributed by atoms with E-state index in [1.807, 2.05) is 26.0 Å². The van der Waals surface area contributed by atoms with Crippen molar-refractivity contribution in [1.82, 2.24) is 0 Å². The molecule has 2 aromatic rings. The Morgan fingerprint density at radius 3 is 1.72 bits per heavy atom. The maximum Gasteiger partial charge on any atom is 0.343 e. The highest BCUT2D eigenvalue weighted by Crippen LogP contribution is 2.28. The summed E-state index contributed by atoms with van der Waals surface area (Å²) in [6.45, 7) is 11.2. The predicted molar refractivity (Wildman–Crippen MR) is 122 cm³/mol. The van der Waals surface area contributed by atoms with Gasteiger partial charge in [0, 0.05) is 17.6 Å². The average molecular weight is 437 g/mol. The van der Waals surface area contributed by atoms with E-state index in [2.05, 4.69) is 6.58 Å². The highest BCUT2D eigenvalue weighted by molar-refractivity contribution is 6.02. The van der Waals surface area contributed by atoms with Crippen molar-refractivity contribution >= 4 is 23.7 Å². The molecule has 168 valence electrons. The lowest BCUT2D eigenvalue weighted by Gasteiger charge is -2.16. The molecular weight excluding hydrogens is 408 g/mol. The summed E-state index contributed by atoms with van der Waals surface area (Å²) in [6.07, 6.45) is -0.192. The number of carbonyl (C=O) groups is 3. The maximum atomic E-state index is 12.9. The third kappa shape index (κ3) is 6.67. The van der Waals surface area contributed by atoms with E-state index in [9.17, 15) is 14.4 Å². The first-order valence-electron chi connectivity index (χ1n) is 10.4. The Kier molecular flexibility index (Phi) is 8.95. The van der Waals surface area contributed by atoms with Crippen LogP contribution in [0.15, 0.2) is 66.3 Å². The standard InChI is InChI=1S/C26H28O6/c1-6-30-24(27)19(5)16-22(26(29)31-7-2)23(20-12-8-17(3)9-13-20)32-25(28)21-14-10-18(4)11-15-21/h8-15H,5-7,16H2,1-4H3/b23-22-. The van der Waals surface area contributed by atoms with Crippen molar-refractivity contribution in [2.75, 3.05) is 13.2 Å². The summed E-state index contributed by atoms with van der Waals surface area (Å²) in [6, 6.07) is 14.0. The molecule has 2 aromatic carbocycles. The van der Waals surface area contributed by atoms with E-state index in [0.717, 1.165) is 11.1 Å². The summed E-state index contributed by atoms with van der Waals surface area (Å²) >= 11 is 0. The normalized spacial score (nSPS) is 11.2. The average Bonchev–Trinajstić information content (AvgIpc) is 2.77. The zero-order valence-corrected chi connectivity index (χ0v) is 18.9. The second-order valence-electron chi connectivity index (χ2n) is 7.15. The molecule has 0 aliphatic carbocycles. The molecule has 0 fully saturated rings. The van der Waals surface area contributed by atoms with Crippen LogP contribution in [0.25, 0.3) is 5.76 Å². The molecule has 0 unspecified atom stereocenters. The number of ether oxygens (including phenoxy) is 3. The van der Waals surface area contributed by atoms with Gasteiger partial charge in [0.25, 0.3) is 0 Å².